The zero-order valence-corrected chi connectivity index (χ0v) is 13.0. The highest BCUT2D eigenvalue weighted by Gasteiger charge is 2.08. The predicted octanol–water partition coefficient (Wildman–Crippen LogP) is 4.75. The fraction of sp³-hybridized carbons (Fsp3) is 0.214. The summed E-state index contributed by atoms with van der Waals surface area (Å²) in [6.07, 6.45) is 0. The van der Waals surface area contributed by atoms with Gasteiger partial charge in [-0.3, -0.25) is 0 Å². The highest BCUT2D eigenvalue weighted by molar-refractivity contribution is 9.10. The molecule has 0 saturated heterocycles. The van der Waals surface area contributed by atoms with Crippen molar-refractivity contribution in [3.63, 3.8) is 0 Å². The van der Waals surface area contributed by atoms with E-state index in [1.807, 2.05) is 19.1 Å². The third-order valence-corrected chi connectivity index (χ3v) is 4.97. The summed E-state index contributed by atoms with van der Waals surface area (Å²) in [6.45, 7) is 4.36. The molecule has 19 heavy (non-hydrogen) atoms. The van der Waals surface area contributed by atoms with Crippen LogP contribution in [0.2, 0.25) is 0 Å². The highest BCUT2D eigenvalue weighted by atomic mass is 79.9. The first kappa shape index (κ1) is 14.0. The number of thiophene rings is 1. The van der Waals surface area contributed by atoms with Crippen molar-refractivity contribution in [3.8, 4) is 6.07 Å². The van der Waals surface area contributed by atoms with Gasteiger partial charge < -0.3 is 5.32 Å². The summed E-state index contributed by atoms with van der Waals surface area (Å²) in [4.78, 5) is 2.37. The van der Waals surface area contributed by atoms with Crippen molar-refractivity contribution in [1.29, 1.82) is 5.26 Å². The molecule has 1 heterocycles. The van der Waals surface area contributed by atoms with Crippen molar-refractivity contribution in [2.45, 2.75) is 20.4 Å². The van der Waals surface area contributed by atoms with E-state index in [0.717, 1.165) is 9.35 Å². The molecule has 2 rings (SSSR count). The Morgan fingerprint density at radius 1 is 1.37 bits per heavy atom. The summed E-state index contributed by atoms with van der Waals surface area (Å²) >= 11 is 5.16. The SMILES string of the molecule is Cc1sc(CNc2cc(C#N)cc(F)c2C)cc1Br. The third kappa shape index (κ3) is 3.14. The Bertz CT molecular complexity index is 639. The van der Waals surface area contributed by atoms with Gasteiger partial charge in [0.25, 0.3) is 0 Å². The van der Waals surface area contributed by atoms with Crippen LogP contribution in [-0.2, 0) is 6.54 Å². The molecule has 1 N–H and O–H groups in total. The molecule has 0 aliphatic rings. The number of benzene rings is 1. The summed E-state index contributed by atoms with van der Waals surface area (Å²) in [5.41, 5.74) is 1.53. The number of nitrogens with one attached hydrogen (secondary N) is 1. The molecule has 2 nitrogen and oxygen atoms in total. The Labute approximate surface area is 124 Å². The van der Waals surface area contributed by atoms with Gasteiger partial charge in [-0.15, -0.1) is 11.3 Å². The topological polar surface area (TPSA) is 35.8 Å². The molecule has 0 amide bonds. The second-order valence-electron chi connectivity index (χ2n) is 4.21. The Kier molecular flexibility index (Phi) is 4.23. The second kappa shape index (κ2) is 5.72. The van der Waals surface area contributed by atoms with E-state index in [9.17, 15) is 4.39 Å². The summed E-state index contributed by atoms with van der Waals surface area (Å²) in [7, 11) is 0. The second-order valence-corrected chi connectivity index (χ2v) is 6.41. The first-order chi connectivity index (χ1) is 9.01. The van der Waals surface area contributed by atoms with Crippen molar-refractivity contribution in [3.05, 3.63) is 49.4 Å². The number of anilines is 1. The first-order valence-electron chi connectivity index (χ1n) is 5.70. The maximum absolute atomic E-state index is 13.6. The van der Waals surface area contributed by atoms with Gasteiger partial charge in [0.05, 0.1) is 11.6 Å². The van der Waals surface area contributed by atoms with E-state index in [2.05, 4.69) is 21.2 Å². The summed E-state index contributed by atoms with van der Waals surface area (Å²) in [6, 6.07) is 6.94. The molecule has 5 heteroatoms. The monoisotopic (exact) mass is 338 g/mol. The number of hydrogen-bond donors (Lipinski definition) is 1. The minimum atomic E-state index is -0.356. The minimum Gasteiger partial charge on any atom is -0.380 e. The van der Waals surface area contributed by atoms with Gasteiger partial charge >= 0.3 is 0 Å². The van der Waals surface area contributed by atoms with E-state index in [0.29, 0.717) is 23.4 Å². The Morgan fingerprint density at radius 3 is 2.68 bits per heavy atom. The summed E-state index contributed by atoms with van der Waals surface area (Å²) < 4.78 is 14.7. The number of nitrogens with zero attached hydrogens (tertiary/aromatic N) is 1. The molecule has 0 atom stereocenters. The van der Waals surface area contributed by atoms with Crippen LogP contribution in [0.1, 0.15) is 20.9 Å². The number of rotatable bonds is 3. The van der Waals surface area contributed by atoms with Crippen molar-refractivity contribution in [1.82, 2.24) is 0 Å². The van der Waals surface area contributed by atoms with Crippen molar-refractivity contribution in [2.75, 3.05) is 5.32 Å². The van der Waals surface area contributed by atoms with E-state index >= 15 is 0 Å². The van der Waals surface area contributed by atoms with Gasteiger partial charge in [-0.1, -0.05) is 0 Å². The van der Waals surface area contributed by atoms with Gasteiger partial charge in [-0.2, -0.15) is 5.26 Å². The molecule has 0 aliphatic carbocycles. The average Bonchev–Trinajstić information content (AvgIpc) is 2.70. The number of aryl methyl sites for hydroxylation is 1. The van der Waals surface area contributed by atoms with Gasteiger partial charge in [0.2, 0.25) is 0 Å². The zero-order valence-electron chi connectivity index (χ0n) is 10.6. The van der Waals surface area contributed by atoms with E-state index in [4.69, 9.17) is 5.26 Å². The number of hydrogen-bond acceptors (Lipinski definition) is 3. The number of nitriles is 1. The largest absolute Gasteiger partial charge is 0.380 e. The van der Waals surface area contributed by atoms with E-state index in [1.54, 1.807) is 24.3 Å². The Hall–Kier alpha value is -1.38. The molecule has 0 bridgehead atoms. The molecule has 0 aliphatic heterocycles. The van der Waals surface area contributed by atoms with Crippen LogP contribution in [0.3, 0.4) is 0 Å². The van der Waals surface area contributed by atoms with Gasteiger partial charge in [-0.25, -0.2) is 4.39 Å². The molecule has 0 fully saturated rings. The molecule has 1 aromatic carbocycles. The molecule has 0 unspecified atom stereocenters. The van der Waals surface area contributed by atoms with Gasteiger partial charge in [-0.05, 0) is 48.0 Å². The Balaban J connectivity index is 2.20. The molecule has 0 radical (unpaired) electrons. The van der Waals surface area contributed by atoms with Crippen LogP contribution in [-0.4, -0.2) is 0 Å². The van der Waals surface area contributed by atoms with Crippen LogP contribution >= 0.6 is 27.3 Å². The molecular weight excluding hydrogens is 327 g/mol. The summed E-state index contributed by atoms with van der Waals surface area (Å²) in [5, 5.41) is 12.0. The lowest BCUT2D eigenvalue weighted by atomic mass is 10.1. The van der Waals surface area contributed by atoms with Gasteiger partial charge in [0, 0.05) is 32.0 Å². The van der Waals surface area contributed by atoms with E-state index in [-0.39, 0.29) is 5.82 Å². The smallest absolute Gasteiger partial charge is 0.129 e. The lowest BCUT2D eigenvalue weighted by molar-refractivity contribution is 0.618. The maximum atomic E-state index is 13.6. The first-order valence-corrected chi connectivity index (χ1v) is 7.31. The fourth-order valence-electron chi connectivity index (χ4n) is 1.71. The lowest BCUT2D eigenvalue weighted by Gasteiger charge is -2.09. The van der Waals surface area contributed by atoms with Gasteiger partial charge in [0.1, 0.15) is 5.82 Å². The number of halogens is 2. The third-order valence-electron chi connectivity index (χ3n) is 2.83. The molecule has 1 aromatic heterocycles. The molecular formula is C14H12BrFN2S. The predicted molar refractivity (Wildman–Crippen MR) is 79.9 cm³/mol. The highest BCUT2D eigenvalue weighted by Crippen LogP contribution is 2.28. The fourth-order valence-corrected chi connectivity index (χ4v) is 3.26. The minimum absolute atomic E-state index is 0.328. The van der Waals surface area contributed by atoms with Gasteiger partial charge in [0.15, 0.2) is 0 Å². The lowest BCUT2D eigenvalue weighted by Crippen LogP contribution is -2.01. The van der Waals surface area contributed by atoms with Crippen molar-refractivity contribution >= 4 is 33.0 Å². The summed E-state index contributed by atoms with van der Waals surface area (Å²) in [5.74, 6) is -0.356. The van der Waals surface area contributed by atoms with Crippen LogP contribution < -0.4 is 5.32 Å². The van der Waals surface area contributed by atoms with Crippen LogP contribution in [0.25, 0.3) is 0 Å². The Morgan fingerprint density at radius 2 is 2.11 bits per heavy atom. The van der Waals surface area contributed by atoms with E-state index < -0.39 is 0 Å². The van der Waals surface area contributed by atoms with Crippen molar-refractivity contribution < 1.29 is 4.39 Å². The molecule has 98 valence electrons. The van der Waals surface area contributed by atoms with Crippen molar-refractivity contribution in [2.24, 2.45) is 0 Å². The molecule has 0 saturated carbocycles. The maximum Gasteiger partial charge on any atom is 0.129 e. The molecule has 0 spiro atoms. The van der Waals surface area contributed by atoms with Crippen LogP contribution in [0.4, 0.5) is 10.1 Å². The average molecular weight is 339 g/mol. The van der Waals surface area contributed by atoms with Crippen LogP contribution in [0.5, 0.6) is 0 Å². The van der Waals surface area contributed by atoms with Crippen LogP contribution in [0.15, 0.2) is 22.7 Å². The van der Waals surface area contributed by atoms with E-state index in [1.165, 1.54) is 10.9 Å². The normalized spacial score (nSPS) is 10.3. The quantitative estimate of drug-likeness (QED) is 0.876. The van der Waals surface area contributed by atoms with Crippen LogP contribution in [0, 0.1) is 31.0 Å². The molecule has 2 aromatic rings. The standard InChI is InChI=1S/C14H12BrFN2S/c1-8-13(16)3-10(6-17)4-14(8)18-7-11-5-12(15)9(2)19-11/h3-5,18H,7H2,1-2H3. The zero-order chi connectivity index (χ0) is 14.0.